The van der Waals surface area contributed by atoms with Crippen LogP contribution in [0.2, 0.25) is 0 Å². The van der Waals surface area contributed by atoms with Crippen LogP contribution in [0.15, 0.2) is 4.99 Å². The first kappa shape index (κ1) is 21.7. The van der Waals surface area contributed by atoms with Crippen molar-refractivity contribution in [2.24, 2.45) is 10.4 Å². The van der Waals surface area contributed by atoms with Crippen LogP contribution in [-0.2, 0) is 14.8 Å². The number of carbonyl (C=O) groups is 1. The second-order valence-electron chi connectivity index (χ2n) is 6.88. The van der Waals surface area contributed by atoms with Gasteiger partial charge < -0.3 is 16.0 Å². The largest absolute Gasteiger partial charge is 0.359 e. The van der Waals surface area contributed by atoms with Crippen LogP contribution in [0.1, 0.15) is 40.5 Å². The van der Waals surface area contributed by atoms with Crippen LogP contribution in [0, 0.1) is 5.41 Å². The number of rotatable bonds is 7. The van der Waals surface area contributed by atoms with Gasteiger partial charge in [-0.2, -0.15) is 0 Å². The number of aliphatic imine (C=N–C) groups is 1. The minimum atomic E-state index is -3.11. The fraction of sp³-hybridized carbons (Fsp3) is 0.875. The van der Waals surface area contributed by atoms with Gasteiger partial charge in [-0.1, -0.05) is 0 Å². The van der Waals surface area contributed by atoms with Gasteiger partial charge >= 0.3 is 0 Å². The summed E-state index contributed by atoms with van der Waals surface area (Å²) >= 11 is 0. The lowest BCUT2D eigenvalue weighted by Crippen LogP contribution is -2.50. The molecule has 146 valence electrons. The molecule has 0 aromatic carbocycles. The van der Waals surface area contributed by atoms with Crippen molar-refractivity contribution in [3.05, 3.63) is 0 Å². The van der Waals surface area contributed by atoms with Gasteiger partial charge in [0, 0.05) is 32.7 Å². The molecule has 0 aromatic rings. The number of hydrogen-bond donors (Lipinski definition) is 3. The summed E-state index contributed by atoms with van der Waals surface area (Å²) in [6, 6.07) is 0.171. The van der Waals surface area contributed by atoms with Crippen LogP contribution in [-0.4, -0.2) is 69.6 Å². The van der Waals surface area contributed by atoms with Crippen molar-refractivity contribution in [2.45, 2.75) is 46.6 Å². The van der Waals surface area contributed by atoms with Crippen LogP contribution < -0.4 is 16.0 Å². The number of piperidine rings is 1. The first-order valence-corrected chi connectivity index (χ1v) is 10.5. The van der Waals surface area contributed by atoms with Gasteiger partial charge in [-0.25, -0.2) is 12.7 Å². The third-order valence-corrected chi connectivity index (χ3v) is 6.25. The van der Waals surface area contributed by atoms with Crippen molar-refractivity contribution in [2.75, 3.05) is 39.0 Å². The highest BCUT2D eigenvalue weighted by Crippen LogP contribution is 2.16. The molecule has 0 aliphatic carbocycles. The summed E-state index contributed by atoms with van der Waals surface area (Å²) in [7, 11) is -1.49. The van der Waals surface area contributed by atoms with E-state index in [1.54, 1.807) is 18.3 Å². The van der Waals surface area contributed by atoms with Gasteiger partial charge in [0.1, 0.15) is 0 Å². The number of carbonyl (C=O) groups excluding carboxylic acids is 1. The average Bonchev–Trinajstić information content (AvgIpc) is 2.59. The van der Waals surface area contributed by atoms with E-state index in [9.17, 15) is 13.2 Å². The fourth-order valence-electron chi connectivity index (χ4n) is 2.66. The molecule has 1 amide bonds. The summed E-state index contributed by atoms with van der Waals surface area (Å²) < 4.78 is 25.4. The van der Waals surface area contributed by atoms with E-state index < -0.39 is 15.4 Å². The van der Waals surface area contributed by atoms with Crippen molar-refractivity contribution in [3.8, 4) is 0 Å². The molecule has 1 heterocycles. The number of hydrogen-bond acceptors (Lipinski definition) is 4. The third-order valence-electron chi connectivity index (χ3n) is 4.37. The maximum atomic E-state index is 11.9. The SMILES string of the molecule is CCNC(=NCC(C)(C)C(=O)NC)NC1CCN(S(=O)(=O)CC)CC1. The first-order chi connectivity index (χ1) is 11.7. The Kier molecular flexibility index (Phi) is 8.14. The van der Waals surface area contributed by atoms with E-state index >= 15 is 0 Å². The summed E-state index contributed by atoms with van der Waals surface area (Å²) in [6.07, 6.45) is 1.48. The van der Waals surface area contributed by atoms with Gasteiger partial charge in [-0.15, -0.1) is 0 Å². The Morgan fingerprint density at radius 1 is 1.24 bits per heavy atom. The summed E-state index contributed by atoms with van der Waals surface area (Å²) in [5, 5.41) is 9.20. The monoisotopic (exact) mass is 375 g/mol. The summed E-state index contributed by atoms with van der Waals surface area (Å²) in [4.78, 5) is 16.4. The van der Waals surface area contributed by atoms with Crippen LogP contribution in [0.4, 0.5) is 0 Å². The van der Waals surface area contributed by atoms with Gasteiger partial charge in [0.05, 0.1) is 17.7 Å². The molecule has 9 heteroatoms. The zero-order valence-electron chi connectivity index (χ0n) is 16.1. The molecule has 25 heavy (non-hydrogen) atoms. The highest BCUT2D eigenvalue weighted by Gasteiger charge is 2.28. The molecule has 0 unspecified atom stereocenters. The highest BCUT2D eigenvalue weighted by atomic mass is 32.2. The molecule has 0 atom stereocenters. The molecule has 1 aliphatic heterocycles. The molecule has 0 aromatic heterocycles. The number of sulfonamides is 1. The summed E-state index contributed by atoms with van der Waals surface area (Å²) in [6.45, 7) is 9.50. The van der Waals surface area contributed by atoms with Gasteiger partial charge in [0.2, 0.25) is 15.9 Å². The van der Waals surface area contributed by atoms with Gasteiger partial charge in [0.15, 0.2) is 5.96 Å². The van der Waals surface area contributed by atoms with Crippen molar-refractivity contribution < 1.29 is 13.2 Å². The van der Waals surface area contributed by atoms with E-state index in [1.807, 2.05) is 20.8 Å². The normalized spacial score (nSPS) is 18.0. The maximum absolute atomic E-state index is 11.9. The third kappa shape index (κ3) is 6.47. The zero-order chi connectivity index (χ0) is 19.1. The smallest absolute Gasteiger partial charge is 0.227 e. The minimum Gasteiger partial charge on any atom is -0.359 e. The van der Waals surface area contributed by atoms with Gasteiger partial charge in [-0.3, -0.25) is 9.79 Å². The molecule has 0 bridgehead atoms. The number of nitrogens with zero attached hydrogens (tertiary/aromatic N) is 2. The summed E-state index contributed by atoms with van der Waals surface area (Å²) in [5.41, 5.74) is -0.588. The highest BCUT2D eigenvalue weighted by molar-refractivity contribution is 7.89. The Morgan fingerprint density at radius 2 is 1.84 bits per heavy atom. The Labute approximate surface area is 151 Å². The van der Waals surface area contributed by atoms with E-state index in [4.69, 9.17) is 0 Å². The van der Waals surface area contributed by atoms with Crippen LogP contribution in [0.5, 0.6) is 0 Å². The second-order valence-corrected chi connectivity index (χ2v) is 9.13. The Morgan fingerprint density at radius 3 is 2.32 bits per heavy atom. The number of guanidine groups is 1. The van der Waals surface area contributed by atoms with Crippen molar-refractivity contribution in [1.82, 2.24) is 20.3 Å². The standard InChI is InChI=1S/C16H33N5O3S/c1-6-18-15(19-12-16(3,4)14(22)17-5)20-13-8-10-21(11-9-13)25(23,24)7-2/h13H,6-12H2,1-5H3,(H,17,22)(H2,18,19,20). The average molecular weight is 376 g/mol. The molecule has 0 saturated carbocycles. The number of nitrogens with one attached hydrogen (secondary N) is 3. The predicted octanol–water partition coefficient (Wildman–Crippen LogP) is 0.128. The molecule has 1 fully saturated rings. The molecule has 3 N–H and O–H groups in total. The Balaban J connectivity index is 2.65. The van der Waals surface area contributed by atoms with Gasteiger partial charge in [-0.05, 0) is 40.5 Å². The minimum absolute atomic E-state index is 0.0508. The maximum Gasteiger partial charge on any atom is 0.227 e. The lowest BCUT2D eigenvalue weighted by atomic mass is 9.93. The van der Waals surface area contributed by atoms with Crippen molar-refractivity contribution in [1.29, 1.82) is 0 Å². The molecular formula is C16H33N5O3S. The number of amides is 1. The van der Waals surface area contributed by atoms with E-state index in [0.29, 0.717) is 25.6 Å². The zero-order valence-corrected chi connectivity index (χ0v) is 16.9. The molecule has 1 rings (SSSR count). The Bertz CT molecular complexity index is 566. The quantitative estimate of drug-likeness (QED) is 0.433. The molecular weight excluding hydrogens is 342 g/mol. The van der Waals surface area contributed by atoms with E-state index in [0.717, 1.165) is 19.4 Å². The summed E-state index contributed by atoms with van der Waals surface area (Å²) in [5.74, 6) is 0.755. The Hall–Kier alpha value is -1.35. The molecule has 8 nitrogen and oxygen atoms in total. The fourth-order valence-corrected chi connectivity index (χ4v) is 3.79. The van der Waals surface area contributed by atoms with E-state index in [2.05, 4.69) is 20.9 Å². The topological polar surface area (TPSA) is 103 Å². The first-order valence-electron chi connectivity index (χ1n) is 8.91. The van der Waals surface area contributed by atoms with Gasteiger partial charge in [0.25, 0.3) is 0 Å². The van der Waals surface area contributed by atoms with Crippen molar-refractivity contribution >= 4 is 21.9 Å². The molecule has 0 spiro atoms. The van der Waals surface area contributed by atoms with Crippen LogP contribution in [0.3, 0.4) is 0 Å². The van der Waals surface area contributed by atoms with Crippen LogP contribution >= 0.6 is 0 Å². The molecule has 0 radical (unpaired) electrons. The van der Waals surface area contributed by atoms with Crippen molar-refractivity contribution in [3.63, 3.8) is 0 Å². The van der Waals surface area contributed by atoms with E-state index in [-0.39, 0.29) is 17.7 Å². The molecule has 1 saturated heterocycles. The van der Waals surface area contributed by atoms with E-state index in [1.165, 1.54) is 0 Å². The molecule has 1 aliphatic rings. The second kappa shape index (κ2) is 9.38. The lowest BCUT2D eigenvalue weighted by Gasteiger charge is -2.32. The lowest BCUT2D eigenvalue weighted by molar-refractivity contribution is -0.128. The predicted molar refractivity (Wildman–Crippen MR) is 101 cm³/mol. The van der Waals surface area contributed by atoms with Crippen LogP contribution in [0.25, 0.3) is 0 Å².